The number of aromatic nitrogens is 4. The largest absolute Gasteiger partial charge is 0.450 e. The van der Waals surface area contributed by atoms with E-state index in [1.165, 1.54) is 12.8 Å². The number of benzene rings is 1. The van der Waals surface area contributed by atoms with Crippen molar-refractivity contribution in [2.75, 3.05) is 6.61 Å². The summed E-state index contributed by atoms with van der Waals surface area (Å²) in [6.07, 6.45) is 9.56. The van der Waals surface area contributed by atoms with E-state index >= 15 is 0 Å². The van der Waals surface area contributed by atoms with Crippen LogP contribution in [0.15, 0.2) is 35.1 Å². The van der Waals surface area contributed by atoms with Crippen LogP contribution in [0.2, 0.25) is 0 Å². The number of ether oxygens (including phenoxy) is 1. The highest BCUT2D eigenvalue weighted by molar-refractivity contribution is 9.10. The van der Waals surface area contributed by atoms with E-state index in [-0.39, 0.29) is 0 Å². The van der Waals surface area contributed by atoms with Gasteiger partial charge in [-0.05, 0) is 50.3 Å². The van der Waals surface area contributed by atoms with Crippen molar-refractivity contribution in [1.29, 1.82) is 0 Å². The summed E-state index contributed by atoms with van der Waals surface area (Å²) in [7, 11) is 0. The lowest BCUT2D eigenvalue weighted by molar-refractivity contribution is 0.154. The predicted octanol–water partition coefficient (Wildman–Crippen LogP) is 4.79. The molecule has 0 bridgehead atoms. The van der Waals surface area contributed by atoms with Crippen molar-refractivity contribution in [3.63, 3.8) is 0 Å². The van der Waals surface area contributed by atoms with Crippen molar-refractivity contribution in [2.24, 2.45) is 5.73 Å². The van der Waals surface area contributed by atoms with Gasteiger partial charge < -0.3 is 10.5 Å². The molecule has 3 aromatic rings. The van der Waals surface area contributed by atoms with Gasteiger partial charge in [0.05, 0.1) is 35.2 Å². The fourth-order valence-corrected chi connectivity index (χ4v) is 3.77. The maximum absolute atomic E-state index is 10.5. The topological polar surface area (TPSA) is 95.9 Å². The molecule has 0 radical (unpaired) electrons. The van der Waals surface area contributed by atoms with Crippen LogP contribution in [0.4, 0.5) is 4.79 Å². The molecule has 1 aliphatic rings. The first-order valence-corrected chi connectivity index (χ1v) is 10.8. The summed E-state index contributed by atoms with van der Waals surface area (Å²) in [5.74, 6) is 0.539. The Morgan fingerprint density at radius 2 is 2.03 bits per heavy atom. The summed E-state index contributed by atoms with van der Waals surface area (Å²) < 4.78 is 7.78. The van der Waals surface area contributed by atoms with Crippen LogP contribution in [-0.2, 0) is 11.3 Å². The third-order valence-corrected chi connectivity index (χ3v) is 5.55. The van der Waals surface area contributed by atoms with Gasteiger partial charge in [-0.3, -0.25) is 9.67 Å². The van der Waals surface area contributed by atoms with Gasteiger partial charge in [0.15, 0.2) is 0 Å². The van der Waals surface area contributed by atoms with Crippen molar-refractivity contribution in [1.82, 2.24) is 19.7 Å². The molecule has 1 amide bonds. The van der Waals surface area contributed by atoms with E-state index in [4.69, 9.17) is 20.6 Å². The van der Waals surface area contributed by atoms with Crippen LogP contribution in [-0.4, -0.2) is 32.4 Å². The number of rotatable bonds is 9. The van der Waals surface area contributed by atoms with Crippen molar-refractivity contribution >= 4 is 33.1 Å². The fourth-order valence-electron chi connectivity index (χ4n) is 3.42. The summed E-state index contributed by atoms with van der Waals surface area (Å²) >= 11 is 3.51. The SMILES string of the molecule is NC(=O)OCCCCCCn1cc(-c2cnc3ccc(Br)cc3n2)c(C2CC2)n1. The average molecular weight is 458 g/mol. The summed E-state index contributed by atoms with van der Waals surface area (Å²) in [4.78, 5) is 20.0. The Morgan fingerprint density at radius 1 is 1.21 bits per heavy atom. The Morgan fingerprint density at radius 3 is 2.83 bits per heavy atom. The van der Waals surface area contributed by atoms with Crippen LogP contribution in [0, 0.1) is 0 Å². The molecule has 2 aromatic heterocycles. The second-order valence-electron chi connectivity index (χ2n) is 7.44. The molecule has 152 valence electrons. The highest BCUT2D eigenvalue weighted by Gasteiger charge is 2.30. The smallest absolute Gasteiger partial charge is 0.404 e. The number of fused-ring (bicyclic) bond motifs is 1. The van der Waals surface area contributed by atoms with Crippen LogP contribution in [0.5, 0.6) is 0 Å². The summed E-state index contributed by atoms with van der Waals surface area (Å²) in [5.41, 5.74) is 9.84. The van der Waals surface area contributed by atoms with Gasteiger partial charge in [0.1, 0.15) is 0 Å². The molecule has 29 heavy (non-hydrogen) atoms. The van der Waals surface area contributed by atoms with Crippen LogP contribution >= 0.6 is 15.9 Å². The first-order valence-electron chi connectivity index (χ1n) is 10.0. The number of unbranched alkanes of at least 4 members (excludes halogenated alkanes) is 3. The van der Waals surface area contributed by atoms with E-state index in [9.17, 15) is 4.79 Å². The van der Waals surface area contributed by atoms with Crippen molar-refractivity contribution in [2.45, 2.75) is 51.0 Å². The minimum atomic E-state index is -0.703. The second-order valence-corrected chi connectivity index (χ2v) is 8.35. The molecule has 1 saturated carbocycles. The summed E-state index contributed by atoms with van der Waals surface area (Å²) in [5, 5.41) is 4.86. The lowest BCUT2D eigenvalue weighted by Gasteiger charge is -2.03. The first kappa shape index (κ1) is 19.8. The Balaban J connectivity index is 1.43. The number of hydrogen-bond donors (Lipinski definition) is 1. The molecular formula is C21H24BrN5O2. The summed E-state index contributed by atoms with van der Waals surface area (Å²) in [6.45, 7) is 1.26. The number of carbonyl (C=O) groups excluding carboxylic acids is 1. The highest BCUT2D eigenvalue weighted by Crippen LogP contribution is 2.43. The molecule has 0 aliphatic heterocycles. The Bertz CT molecular complexity index is 1020. The predicted molar refractivity (Wildman–Crippen MR) is 114 cm³/mol. The van der Waals surface area contributed by atoms with Gasteiger partial charge in [-0.15, -0.1) is 0 Å². The first-order chi connectivity index (χ1) is 14.1. The quantitative estimate of drug-likeness (QED) is 0.465. The van der Waals surface area contributed by atoms with E-state index in [1.807, 2.05) is 29.1 Å². The highest BCUT2D eigenvalue weighted by atomic mass is 79.9. The van der Waals surface area contributed by atoms with Crippen molar-refractivity contribution in [3.8, 4) is 11.3 Å². The monoisotopic (exact) mass is 457 g/mol. The molecule has 0 spiro atoms. The zero-order valence-corrected chi connectivity index (χ0v) is 17.8. The number of primary amides is 1. The van der Waals surface area contributed by atoms with E-state index in [1.54, 1.807) is 0 Å². The maximum atomic E-state index is 10.5. The van der Waals surface area contributed by atoms with Gasteiger partial charge in [-0.1, -0.05) is 22.4 Å². The number of nitrogens with two attached hydrogens (primary N) is 1. The number of carbonyl (C=O) groups is 1. The van der Waals surface area contributed by atoms with Gasteiger partial charge in [-0.25, -0.2) is 9.78 Å². The number of amides is 1. The lowest BCUT2D eigenvalue weighted by atomic mass is 10.1. The number of hydrogen-bond acceptors (Lipinski definition) is 5. The van der Waals surface area contributed by atoms with Gasteiger partial charge in [0.25, 0.3) is 0 Å². The molecule has 0 atom stereocenters. The van der Waals surface area contributed by atoms with Gasteiger partial charge in [-0.2, -0.15) is 5.10 Å². The normalized spacial score (nSPS) is 13.7. The van der Waals surface area contributed by atoms with Crippen LogP contribution < -0.4 is 5.73 Å². The zero-order valence-electron chi connectivity index (χ0n) is 16.2. The number of halogens is 1. The molecule has 1 aromatic carbocycles. The Hall–Kier alpha value is -2.48. The number of aryl methyl sites for hydroxylation is 1. The zero-order chi connectivity index (χ0) is 20.2. The molecule has 7 nitrogen and oxygen atoms in total. The minimum Gasteiger partial charge on any atom is -0.450 e. The summed E-state index contributed by atoms with van der Waals surface area (Å²) in [6, 6.07) is 5.94. The standard InChI is InChI=1S/C21H24BrN5O2/c22-15-7-8-17-18(11-15)25-19(12-24-17)16-13-27(26-20(16)14-5-6-14)9-3-1-2-4-10-29-21(23)28/h7-8,11-14H,1-6,9-10H2,(H2,23,28). The van der Waals surface area contributed by atoms with Crippen molar-refractivity contribution < 1.29 is 9.53 Å². The fraction of sp³-hybridized carbons (Fsp3) is 0.429. The molecule has 8 heteroatoms. The van der Waals surface area contributed by atoms with Crippen LogP contribution in [0.1, 0.15) is 50.1 Å². The lowest BCUT2D eigenvalue weighted by Crippen LogP contribution is -2.13. The maximum Gasteiger partial charge on any atom is 0.404 e. The molecule has 0 saturated heterocycles. The molecular weight excluding hydrogens is 434 g/mol. The Kier molecular flexibility index (Phi) is 6.08. The minimum absolute atomic E-state index is 0.393. The van der Waals surface area contributed by atoms with Crippen LogP contribution in [0.25, 0.3) is 22.3 Å². The van der Waals surface area contributed by atoms with Crippen LogP contribution in [0.3, 0.4) is 0 Å². The molecule has 2 heterocycles. The van der Waals surface area contributed by atoms with E-state index < -0.39 is 6.09 Å². The van der Waals surface area contributed by atoms with Gasteiger partial charge >= 0.3 is 6.09 Å². The van der Waals surface area contributed by atoms with Crippen molar-refractivity contribution in [3.05, 3.63) is 40.8 Å². The van der Waals surface area contributed by atoms with E-state index in [0.717, 1.165) is 64.7 Å². The second kappa shape index (κ2) is 8.90. The van der Waals surface area contributed by atoms with Gasteiger partial charge in [0, 0.05) is 28.7 Å². The number of nitrogens with zero attached hydrogens (tertiary/aromatic N) is 4. The molecule has 2 N–H and O–H groups in total. The molecule has 1 fully saturated rings. The van der Waals surface area contributed by atoms with Gasteiger partial charge in [0.2, 0.25) is 0 Å². The average Bonchev–Trinajstić information content (AvgIpc) is 3.46. The third-order valence-electron chi connectivity index (χ3n) is 5.06. The third kappa shape index (κ3) is 5.12. The van der Waals surface area contributed by atoms with E-state index in [2.05, 4.69) is 27.1 Å². The Labute approximate surface area is 177 Å². The molecule has 1 aliphatic carbocycles. The van der Waals surface area contributed by atoms with E-state index in [0.29, 0.717) is 12.5 Å². The molecule has 0 unspecified atom stereocenters. The molecule has 4 rings (SSSR count).